The quantitative estimate of drug-likeness (QED) is 0.590. The molecule has 3 heterocycles. The SMILES string of the molecule is CS(=O)(=O)c1ccc(Nc2nc(N3CCC(N)C3)nc3cc[nH]c(=O)c23)cc1. The number of benzene rings is 1. The van der Waals surface area contributed by atoms with Crippen molar-refractivity contribution in [3.8, 4) is 0 Å². The zero-order valence-corrected chi connectivity index (χ0v) is 16.0. The van der Waals surface area contributed by atoms with E-state index in [4.69, 9.17) is 5.73 Å². The lowest BCUT2D eigenvalue weighted by Crippen LogP contribution is -2.28. The Hall–Kier alpha value is -2.98. The Morgan fingerprint density at radius 1 is 1.21 bits per heavy atom. The second-order valence-corrected chi connectivity index (χ2v) is 8.87. The largest absolute Gasteiger partial charge is 0.339 e. The summed E-state index contributed by atoms with van der Waals surface area (Å²) in [7, 11) is -3.28. The lowest BCUT2D eigenvalue weighted by molar-refractivity contribution is 0.602. The molecular formula is C18H20N6O3S. The van der Waals surface area contributed by atoms with E-state index < -0.39 is 9.84 Å². The molecule has 0 aliphatic carbocycles. The third-order valence-corrected chi connectivity index (χ3v) is 5.79. The Balaban J connectivity index is 1.77. The van der Waals surface area contributed by atoms with E-state index in [2.05, 4.69) is 20.3 Å². The number of hydrogen-bond acceptors (Lipinski definition) is 8. The molecule has 1 fully saturated rings. The third kappa shape index (κ3) is 3.56. The second-order valence-electron chi connectivity index (χ2n) is 6.86. The van der Waals surface area contributed by atoms with Gasteiger partial charge in [-0.3, -0.25) is 4.79 Å². The van der Waals surface area contributed by atoms with E-state index in [0.717, 1.165) is 19.2 Å². The maximum absolute atomic E-state index is 12.4. The van der Waals surface area contributed by atoms with Crippen LogP contribution in [0, 0.1) is 0 Å². The first-order valence-corrected chi connectivity index (χ1v) is 10.7. The number of sulfone groups is 1. The average Bonchev–Trinajstić information content (AvgIpc) is 3.08. The van der Waals surface area contributed by atoms with Crippen LogP contribution in [0.25, 0.3) is 10.9 Å². The summed E-state index contributed by atoms with van der Waals surface area (Å²) in [5.74, 6) is 0.857. The molecule has 1 unspecified atom stereocenters. The number of aromatic nitrogens is 3. The molecule has 28 heavy (non-hydrogen) atoms. The number of anilines is 3. The maximum atomic E-state index is 12.4. The van der Waals surface area contributed by atoms with Crippen LogP contribution in [0.3, 0.4) is 0 Å². The normalized spacial score (nSPS) is 17.2. The van der Waals surface area contributed by atoms with Crippen LogP contribution in [-0.4, -0.2) is 48.8 Å². The molecule has 1 saturated heterocycles. The van der Waals surface area contributed by atoms with E-state index in [0.29, 0.717) is 34.9 Å². The van der Waals surface area contributed by atoms with Crippen LogP contribution in [-0.2, 0) is 9.84 Å². The Labute approximate surface area is 161 Å². The van der Waals surface area contributed by atoms with Gasteiger partial charge in [-0.25, -0.2) is 13.4 Å². The topological polar surface area (TPSA) is 134 Å². The molecule has 1 aliphatic heterocycles. The van der Waals surface area contributed by atoms with Crippen molar-refractivity contribution < 1.29 is 8.42 Å². The molecule has 146 valence electrons. The van der Waals surface area contributed by atoms with Gasteiger partial charge < -0.3 is 20.9 Å². The number of aromatic amines is 1. The molecule has 0 saturated carbocycles. The minimum absolute atomic E-state index is 0.0680. The molecule has 2 aromatic heterocycles. The van der Waals surface area contributed by atoms with Crippen LogP contribution < -0.4 is 21.5 Å². The predicted octanol–water partition coefficient (Wildman–Crippen LogP) is 1.00. The van der Waals surface area contributed by atoms with Crippen molar-refractivity contribution in [1.29, 1.82) is 0 Å². The zero-order chi connectivity index (χ0) is 19.9. The van der Waals surface area contributed by atoms with Crippen LogP contribution in [0.1, 0.15) is 6.42 Å². The van der Waals surface area contributed by atoms with Gasteiger partial charge in [0.1, 0.15) is 11.2 Å². The fraction of sp³-hybridized carbons (Fsp3) is 0.278. The number of H-pyrrole nitrogens is 1. The fourth-order valence-electron chi connectivity index (χ4n) is 3.20. The molecule has 9 nitrogen and oxygen atoms in total. The number of nitrogens with zero attached hydrogens (tertiary/aromatic N) is 3. The first-order valence-electron chi connectivity index (χ1n) is 8.78. The first kappa shape index (κ1) is 18.4. The van der Waals surface area contributed by atoms with Crippen molar-refractivity contribution >= 4 is 38.2 Å². The van der Waals surface area contributed by atoms with Crippen LogP contribution in [0.5, 0.6) is 0 Å². The number of nitrogens with two attached hydrogens (primary N) is 1. The van der Waals surface area contributed by atoms with Crippen LogP contribution in [0.15, 0.2) is 46.2 Å². The van der Waals surface area contributed by atoms with E-state index in [1.54, 1.807) is 24.4 Å². The summed E-state index contributed by atoms with van der Waals surface area (Å²) >= 11 is 0. The van der Waals surface area contributed by atoms with E-state index >= 15 is 0 Å². The molecular weight excluding hydrogens is 380 g/mol. The van der Waals surface area contributed by atoms with Gasteiger partial charge in [0.15, 0.2) is 9.84 Å². The molecule has 0 spiro atoms. The van der Waals surface area contributed by atoms with Crippen LogP contribution in [0.4, 0.5) is 17.5 Å². The summed E-state index contributed by atoms with van der Waals surface area (Å²) in [5, 5.41) is 3.45. The van der Waals surface area contributed by atoms with Crippen molar-refractivity contribution in [3.05, 3.63) is 46.9 Å². The van der Waals surface area contributed by atoms with Crippen molar-refractivity contribution in [1.82, 2.24) is 15.0 Å². The minimum atomic E-state index is -3.28. The minimum Gasteiger partial charge on any atom is -0.339 e. The maximum Gasteiger partial charge on any atom is 0.261 e. The van der Waals surface area contributed by atoms with E-state index in [-0.39, 0.29) is 16.5 Å². The van der Waals surface area contributed by atoms with Crippen molar-refractivity contribution in [2.24, 2.45) is 5.73 Å². The zero-order valence-electron chi connectivity index (χ0n) is 15.2. The standard InChI is InChI=1S/C18H20N6O3S/c1-28(26,27)13-4-2-12(3-5-13)21-16-15-14(6-8-20-17(15)25)22-18(23-16)24-9-7-11(19)10-24/h2-6,8,11H,7,9-10,19H2,1H3,(H,20,25)(H,21,22,23). The molecule has 10 heteroatoms. The molecule has 3 aromatic rings. The summed E-state index contributed by atoms with van der Waals surface area (Å²) in [4.78, 5) is 26.3. The van der Waals surface area contributed by atoms with Crippen molar-refractivity contribution in [2.45, 2.75) is 17.4 Å². The molecule has 1 aromatic carbocycles. The molecule has 4 N–H and O–H groups in total. The Morgan fingerprint density at radius 2 is 1.96 bits per heavy atom. The third-order valence-electron chi connectivity index (χ3n) is 4.66. The number of rotatable bonds is 4. The highest BCUT2D eigenvalue weighted by atomic mass is 32.2. The highest BCUT2D eigenvalue weighted by Crippen LogP contribution is 2.26. The van der Waals surface area contributed by atoms with Gasteiger partial charge >= 0.3 is 0 Å². The van der Waals surface area contributed by atoms with E-state index in [1.807, 2.05) is 4.90 Å². The number of pyridine rings is 1. The fourth-order valence-corrected chi connectivity index (χ4v) is 3.83. The van der Waals surface area contributed by atoms with E-state index in [1.165, 1.54) is 12.1 Å². The van der Waals surface area contributed by atoms with E-state index in [9.17, 15) is 13.2 Å². The monoisotopic (exact) mass is 400 g/mol. The number of hydrogen-bond donors (Lipinski definition) is 3. The van der Waals surface area contributed by atoms with Gasteiger partial charge in [0.05, 0.1) is 10.4 Å². The van der Waals surface area contributed by atoms with Gasteiger partial charge in [-0.05, 0) is 36.8 Å². The molecule has 1 aliphatic rings. The summed E-state index contributed by atoms with van der Waals surface area (Å²) < 4.78 is 23.3. The Bertz CT molecular complexity index is 1190. The summed E-state index contributed by atoms with van der Waals surface area (Å²) in [6.07, 6.45) is 3.55. The van der Waals surface area contributed by atoms with Gasteiger partial charge in [-0.15, -0.1) is 0 Å². The van der Waals surface area contributed by atoms with Gasteiger partial charge in [0, 0.05) is 37.3 Å². The van der Waals surface area contributed by atoms with Gasteiger partial charge in [-0.2, -0.15) is 4.98 Å². The highest BCUT2D eigenvalue weighted by Gasteiger charge is 2.23. The summed E-state index contributed by atoms with van der Waals surface area (Å²) in [5.41, 5.74) is 6.81. The van der Waals surface area contributed by atoms with Crippen LogP contribution >= 0.6 is 0 Å². The molecule has 0 radical (unpaired) electrons. The number of fused-ring (bicyclic) bond motifs is 1. The molecule has 0 amide bonds. The van der Waals surface area contributed by atoms with Crippen molar-refractivity contribution in [2.75, 3.05) is 29.6 Å². The molecule has 0 bridgehead atoms. The lowest BCUT2D eigenvalue weighted by Gasteiger charge is -2.18. The molecule has 1 atom stereocenters. The van der Waals surface area contributed by atoms with Gasteiger partial charge in [0.2, 0.25) is 5.95 Å². The second kappa shape index (κ2) is 6.88. The van der Waals surface area contributed by atoms with Gasteiger partial charge in [-0.1, -0.05) is 0 Å². The molecule has 4 rings (SSSR count). The first-order chi connectivity index (χ1) is 13.3. The Morgan fingerprint density at radius 3 is 2.61 bits per heavy atom. The van der Waals surface area contributed by atoms with Gasteiger partial charge in [0.25, 0.3) is 5.56 Å². The van der Waals surface area contributed by atoms with Crippen molar-refractivity contribution in [3.63, 3.8) is 0 Å². The summed E-state index contributed by atoms with van der Waals surface area (Å²) in [6.45, 7) is 1.40. The number of nitrogens with one attached hydrogen (secondary N) is 2. The predicted molar refractivity (Wildman–Crippen MR) is 108 cm³/mol. The Kier molecular flexibility index (Phi) is 4.52. The average molecular weight is 400 g/mol. The smallest absolute Gasteiger partial charge is 0.261 e. The highest BCUT2D eigenvalue weighted by molar-refractivity contribution is 7.90. The summed E-state index contributed by atoms with van der Waals surface area (Å²) in [6, 6.07) is 8.06. The lowest BCUT2D eigenvalue weighted by atomic mass is 10.2. The van der Waals surface area contributed by atoms with Crippen LogP contribution in [0.2, 0.25) is 0 Å².